The molecule has 2 aromatic carbocycles. The summed E-state index contributed by atoms with van der Waals surface area (Å²) < 4.78 is 0.517. The van der Waals surface area contributed by atoms with Crippen molar-refractivity contribution in [2.75, 3.05) is 5.32 Å². The number of hydrogen-bond donors (Lipinski definition) is 1. The second-order valence-electron chi connectivity index (χ2n) is 5.18. The number of rotatable bonds is 4. The molecule has 1 heterocycles. The van der Waals surface area contributed by atoms with Crippen LogP contribution >= 0.6 is 27.5 Å². The van der Waals surface area contributed by atoms with Crippen LogP contribution < -0.4 is 5.32 Å². The van der Waals surface area contributed by atoms with Crippen LogP contribution in [0.3, 0.4) is 0 Å². The summed E-state index contributed by atoms with van der Waals surface area (Å²) in [5.74, 6) is -0.266. The van der Waals surface area contributed by atoms with Gasteiger partial charge in [-0.3, -0.25) is 14.6 Å². The zero-order chi connectivity index (χ0) is 17.8. The van der Waals surface area contributed by atoms with Crippen molar-refractivity contribution >= 4 is 44.4 Å². The van der Waals surface area contributed by atoms with Crippen LogP contribution in [-0.4, -0.2) is 16.1 Å². The monoisotopic (exact) mass is 414 g/mol. The lowest BCUT2D eigenvalue weighted by atomic mass is 10.0. The second kappa shape index (κ2) is 7.59. The number of aromatic nitrogens is 1. The van der Waals surface area contributed by atoms with Gasteiger partial charge in [-0.05, 0) is 63.9 Å². The molecule has 1 aromatic heterocycles. The van der Waals surface area contributed by atoms with Gasteiger partial charge in [0.25, 0.3) is 11.1 Å². The maximum absolute atomic E-state index is 12.7. The highest BCUT2D eigenvalue weighted by atomic mass is 79.9. The Balaban J connectivity index is 1.90. The molecule has 0 saturated heterocycles. The summed E-state index contributed by atoms with van der Waals surface area (Å²) >= 11 is 8.77. The number of benzene rings is 2. The van der Waals surface area contributed by atoms with Crippen LogP contribution in [0, 0.1) is 0 Å². The molecule has 0 aliphatic heterocycles. The van der Waals surface area contributed by atoms with Gasteiger partial charge in [-0.1, -0.05) is 24.3 Å². The van der Waals surface area contributed by atoms with Gasteiger partial charge in [-0.2, -0.15) is 0 Å². The molecule has 1 amide bonds. The van der Waals surface area contributed by atoms with Gasteiger partial charge in [-0.15, -0.1) is 0 Å². The van der Waals surface area contributed by atoms with Crippen LogP contribution in [0.15, 0.2) is 71.3 Å². The molecule has 124 valence electrons. The molecule has 25 heavy (non-hydrogen) atoms. The average Bonchev–Trinajstić information content (AvgIpc) is 2.62. The van der Waals surface area contributed by atoms with Gasteiger partial charge in [-0.25, -0.2) is 0 Å². The summed E-state index contributed by atoms with van der Waals surface area (Å²) in [6.07, 6.45) is 1.68. The zero-order valence-corrected chi connectivity index (χ0v) is 15.2. The number of carbonyl (C=O) groups excluding carboxylic acids is 2. The Morgan fingerprint density at radius 1 is 0.960 bits per heavy atom. The predicted molar refractivity (Wildman–Crippen MR) is 102 cm³/mol. The van der Waals surface area contributed by atoms with Crippen molar-refractivity contribution in [2.24, 2.45) is 0 Å². The van der Waals surface area contributed by atoms with Crippen LogP contribution in [0.1, 0.15) is 20.7 Å². The molecule has 0 radical (unpaired) electrons. The third kappa shape index (κ3) is 3.95. The Kier molecular flexibility index (Phi) is 5.26. The molecule has 1 N–H and O–H groups in total. The van der Waals surface area contributed by atoms with Gasteiger partial charge in [0.1, 0.15) is 0 Å². The molecular weight excluding hydrogens is 404 g/mol. The minimum atomic E-state index is -0.565. The Bertz CT molecular complexity index is 945. The molecule has 0 atom stereocenters. The van der Waals surface area contributed by atoms with Crippen LogP contribution in [0.25, 0.3) is 11.3 Å². The van der Waals surface area contributed by atoms with E-state index < -0.39 is 5.24 Å². The van der Waals surface area contributed by atoms with Gasteiger partial charge in [0.05, 0.1) is 5.69 Å². The van der Waals surface area contributed by atoms with Gasteiger partial charge < -0.3 is 5.32 Å². The SMILES string of the molecule is O=C(Cl)c1ccc(NC(=O)c2ccccc2-c2ccccn2)cc1Br. The quantitative estimate of drug-likeness (QED) is 0.600. The lowest BCUT2D eigenvalue weighted by Crippen LogP contribution is -2.13. The van der Waals surface area contributed by atoms with E-state index >= 15 is 0 Å². The Hall–Kier alpha value is -2.50. The van der Waals surface area contributed by atoms with E-state index in [-0.39, 0.29) is 5.91 Å². The van der Waals surface area contributed by atoms with E-state index in [4.69, 9.17) is 11.6 Å². The molecule has 6 heteroatoms. The van der Waals surface area contributed by atoms with Crippen LogP contribution in [0.2, 0.25) is 0 Å². The summed E-state index contributed by atoms with van der Waals surface area (Å²) in [6, 6.07) is 17.6. The first kappa shape index (κ1) is 17.3. The lowest BCUT2D eigenvalue weighted by Gasteiger charge is -2.11. The molecule has 0 aliphatic carbocycles. The molecule has 3 aromatic rings. The van der Waals surface area contributed by atoms with E-state index in [0.29, 0.717) is 21.3 Å². The number of nitrogens with one attached hydrogen (secondary N) is 1. The topological polar surface area (TPSA) is 59.1 Å². The number of carbonyl (C=O) groups is 2. The van der Waals surface area contributed by atoms with Crippen LogP contribution in [0.4, 0.5) is 5.69 Å². The third-order valence-electron chi connectivity index (χ3n) is 3.55. The fraction of sp³-hybridized carbons (Fsp3) is 0. The fourth-order valence-corrected chi connectivity index (χ4v) is 3.22. The average molecular weight is 416 g/mol. The predicted octanol–water partition coefficient (Wildman–Crippen LogP) is 5.14. The number of hydrogen-bond acceptors (Lipinski definition) is 3. The first-order valence-electron chi connectivity index (χ1n) is 7.37. The van der Waals surface area contributed by atoms with Crippen molar-refractivity contribution in [3.8, 4) is 11.3 Å². The maximum atomic E-state index is 12.7. The van der Waals surface area contributed by atoms with Crippen molar-refractivity contribution in [1.82, 2.24) is 4.98 Å². The van der Waals surface area contributed by atoms with E-state index in [2.05, 4.69) is 26.2 Å². The molecule has 0 bridgehead atoms. The Labute approximate surface area is 158 Å². The molecule has 4 nitrogen and oxygen atoms in total. The zero-order valence-electron chi connectivity index (χ0n) is 12.9. The van der Waals surface area contributed by atoms with E-state index in [1.54, 1.807) is 36.5 Å². The maximum Gasteiger partial charge on any atom is 0.256 e. The Morgan fingerprint density at radius 3 is 2.40 bits per heavy atom. The highest BCUT2D eigenvalue weighted by molar-refractivity contribution is 9.10. The fourth-order valence-electron chi connectivity index (χ4n) is 2.38. The number of anilines is 1. The summed E-state index contributed by atoms with van der Waals surface area (Å²) in [7, 11) is 0. The van der Waals surface area contributed by atoms with Gasteiger partial charge in [0.15, 0.2) is 0 Å². The summed E-state index contributed by atoms with van der Waals surface area (Å²) in [5, 5.41) is 2.26. The summed E-state index contributed by atoms with van der Waals surface area (Å²) in [5.41, 5.74) is 2.86. The van der Waals surface area contributed by atoms with Gasteiger partial charge in [0.2, 0.25) is 0 Å². The first-order chi connectivity index (χ1) is 12.1. The normalized spacial score (nSPS) is 10.3. The van der Waals surface area contributed by atoms with E-state index in [0.717, 1.165) is 11.3 Å². The van der Waals surface area contributed by atoms with Gasteiger partial charge >= 0.3 is 0 Å². The molecular formula is C19H12BrClN2O2. The molecule has 0 saturated carbocycles. The van der Waals surface area contributed by atoms with Crippen molar-refractivity contribution in [3.63, 3.8) is 0 Å². The smallest absolute Gasteiger partial charge is 0.256 e. The van der Waals surface area contributed by atoms with Crippen molar-refractivity contribution < 1.29 is 9.59 Å². The van der Waals surface area contributed by atoms with Crippen molar-refractivity contribution in [3.05, 3.63) is 82.5 Å². The third-order valence-corrected chi connectivity index (χ3v) is 4.41. The minimum Gasteiger partial charge on any atom is -0.322 e. The second-order valence-corrected chi connectivity index (χ2v) is 6.38. The summed E-state index contributed by atoms with van der Waals surface area (Å²) in [6.45, 7) is 0. The molecule has 0 unspecified atom stereocenters. The van der Waals surface area contributed by atoms with Crippen molar-refractivity contribution in [2.45, 2.75) is 0 Å². The largest absolute Gasteiger partial charge is 0.322 e. The summed E-state index contributed by atoms with van der Waals surface area (Å²) in [4.78, 5) is 28.3. The highest BCUT2D eigenvalue weighted by Crippen LogP contribution is 2.25. The minimum absolute atomic E-state index is 0.266. The van der Waals surface area contributed by atoms with E-state index in [1.807, 2.05) is 30.3 Å². The van der Waals surface area contributed by atoms with Crippen LogP contribution in [0.5, 0.6) is 0 Å². The number of halogens is 2. The number of amides is 1. The molecule has 3 rings (SSSR count). The molecule has 0 aliphatic rings. The molecule has 0 spiro atoms. The van der Waals surface area contributed by atoms with Crippen LogP contribution in [-0.2, 0) is 0 Å². The van der Waals surface area contributed by atoms with Crippen molar-refractivity contribution in [1.29, 1.82) is 0 Å². The standard InChI is InChI=1S/C19H12BrClN2O2/c20-16-11-12(8-9-15(16)18(21)24)23-19(25)14-6-2-1-5-13(14)17-7-3-4-10-22-17/h1-11H,(H,23,25). The molecule has 0 fully saturated rings. The number of pyridine rings is 1. The van der Waals surface area contributed by atoms with E-state index in [1.165, 1.54) is 0 Å². The Morgan fingerprint density at radius 2 is 1.72 bits per heavy atom. The van der Waals surface area contributed by atoms with Gasteiger partial charge in [0, 0.05) is 33.0 Å². The first-order valence-corrected chi connectivity index (χ1v) is 8.54. The number of nitrogens with zero attached hydrogens (tertiary/aromatic N) is 1. The lowest BCUT2D eigenvalue weighted by molar-refractivity contribution is 0.102. The highest BCUT2D eigenvalue weighted by Gasteiger charge is 2.14. The van der Waals surface area contributed by atoms with E-state index in [9.17, 15) is 9.59 Å².